The van der Waals surface area contributed by atoms with Crippen LogP contribution >= 0.6 is 0 Å². The van der Waals surface area contributed by atoms with E-state index in [0.717, 1.165) is 44.3 Å². The molecule has 2 aliphatic heterocycles. The van der Waals surface area contributed by atoms with E-state index in [1.165, 1.54) is 0 Å². The average Bonchev–Trinajstić information content (AvgIpc) is 3.27. The van der Waals surface area contributed by atoms with Crippen LogP contribution in [-0.4, -0.2) is 53.7 Å². The Morgan fingerprint density at radius 1 is 0.967 bits per heavy atom. The molecule has 1 unspecified atom stereocenters. The first-order valence-electron chi connectivity index (χ1n) is 11.3. The third-order valence-electron chi connectivity index (χ3n) is 6.13. The summed E-state index contributed by atoms with van der Waals surface area (Å²) >= 11 is 0. The molecule has 30 heavy (non-hydrogen) atoms. The van der Waals surface area contributed by atoms with Crippen LogP contribution in [0.5, 0.6) is 0 Å². The van der Waals surface area contributed by atoms with E-state index in [1.807, 2.05) is 54.0 Å². The van der Waals surface area contributed by atoms with Gasteiger partial charge in [-0.2, -0.15) is 0 Å². The summed E-state index contributed by atoms with van der Waals surface area (Å²) in [7, 11) is 0. The third-order valence-corrected chi connectivity index (χ3v) is 6.13. The van der Waals surface area contributed by atoms with E-state index >= 15 is 0 Å². The molecule has 2 saturated heterocycles. The lowest BCUT2D eigenvalue weighted by Crippen LogP contribution is -2.46. The minimum absolute atomic E-state index is 0.0531. The smallest absolute Gasteiger partial charge is 0.249 e. The van der Waals surface area contributed by atoms with E-state index < -0.39 is 6.04 Å². The Morgan fingerprint density at radius 2 is 1.60 bits per heavy atom. The van der Waals surface area contributed by atoms with Crippen molar-refractivity contribution in [2.75, 3.05) is 26.2 Å². The Balaban J connectivity index is 1.58. The first-order chi connectivity index (χ1) is 14.4. The Bertz CT molecular complexity index is 720. The second-order valence-electron chi connectivity index (χ2n) is 9.07. The first-order valence-corrected chi connectivity index (χ1v) is 11.3. The molecule has 0 saturated carbocycles. The zero-order chi connectivity index (χ0) is 21.5. The molecule has 1 aromatic carbocycles. The summed E-state index contributed by atoms with van der Waals surface area (Å²) in [6.45, 7) is 7.05. The number of piperidine rings is 1. The number of nitrogens with zero attached hydrogens (tertiary/aromatic N) is 2. The van der Waals surface area contributed by atoms with Gasteiger partial charge in [0.15, 0.2) is 0 Å². The molecule has 1 N–H and O–H groups in total. The Morgan fingerprint density at radius 3 is 2.20 bits per heavy atom. The number of benzene rings is 1. The maximum Gasteiger partial charge on any atom is 0.249 e. The first kappa shape index (κ1) is 22.3. The van der Waals surface area contributed by atoms with Crippen LogP contribution in [0.15, 0.2) is 30.3 Å². The summed E-state index contributed by atoms with van der Waals surface area (Å²) in [4.78, 5) is 42.0. The van der Waals surface area contributed by atoms with Gasteiger partial charge in [0.2, 0.25) is 17.7 Å². The quantitative estimate of drug-likeness (QED) is 0.747. The van der Waals surface area contributed by atoms with Crippen molar-refractivity contribution in [1.82, 2.24) is 15.1 Å². The lowest BCUT2D eigenvalue weighted by Gasteiger charge is -2.35. The molecule has 6 heteroatoms. The van der Waals surface area contributed by atoms with E-state index in [1.54, 1.807) is 0 Å². The number of carbonyl (C=O) groups is 3. The fourth-order valence-electron chi connectivity index (χ4n) is 4.41. The van der Waals surface area contributed by atoms with Gasteiger partial charge in [0.1, 0.15) is 6.04 Å². The van der Waals surface area contributed by atoms with E-state index in [-0.39, 0.29) is 23.6 Å². The van der Waals surface area contributed by atoms with Crippen molar-refractivity contribution in [3.8, 4) is 0 Å². The van der Waals surface area contributed by atoms with Crippen molar-refractivity contribution in [3.63, 3.8) is 0 Å². The molecule has 164 valence electrons. The van der Waals surface area contributed by atoms with Crippen LogP contribution in [0.2, 0.25) is 0 Å². The summed E-state index contributed by atoms with van der Waals surface area (Å²) in [5.41, 5.74) is 0.811. The van der Waals surface area contributed by atoms with Gasteiger partial charge in [-0.25, -0.2) is 0 Å². The van der Waals surface area contributed by atoms with Crippen molar-refractivity contribution in [2.45, 2.75) is 58.4 Å². The Kier molecular flexibility index (Phi) is 7.88. The van der Waals surface area contributed by atoms with Crippen molar-refractivity contribution >= 4 is 17.7 Å². The number of hydrogen-bond donors (Lipinski definition) is 1. The van der Waals surface area contributed by atoms with E-state index in [0.29, 0.717) is 31.8 Å². The normalized spacial score (nSPS) is 18.5. The van der Waals surface area contributed by atoms with Gasteiger partial charge in [-0.15, -0.1) is 0 Å². The van der Waals surface area contributed by atoms with Crippen LogP contribution in [0.1, 0.15) is 64.0 Å². The molecule has 6 nitrogen and oxygen atoms in total. The number of hydrogen-bond acceptors (Lipinski definition) is 3. The highest BCUT2D eigenvalue weighted by Crippen LogP contribution is 2.25. The minimum Gasteiger partial charge on any atom is -0.343 e. The summed E-state index contributed by atoms with van der Waals surface area (Å²) < 4.78 is 0. The summed E-state index contributed by atoms with van der Waals surface area (Å²) in [5.74, 6) is 0.689. The topological polar surface area (TPSA) is 69.7 Å². The molecule has 0 radical (unpaired) electrons. The molecule has 3 amide bonds. The van der Waals surface area contributed by atoms with Crippen LogP contribution in [0.4, 0.5) is 0 Å². The number of nitrogens with one attached hydrogen (secondary N) is 1. The fourth-order valence-corrected chi connectivity index (χ4v) is 4.41. The monoisotopic (exact) mass is 413 g/mol. The van der Waals surface area contributed by atoms with E-state index in [2.05, 4.69) is 5.32 Å². The zero-order valence-electron chi connectivity index (χ0n) is 18.3. The highest BCUT2D eigenvalue weighted by molar-refractivity contribution is 5.88. The van der Waals surface area contributed by atoms with Gasteiger partial charge >= 0.3 is 0 Å². The molecule has 1 atom stereocenters. The van der Waals surface area contributed by atoms with E-state index in [9.17, 15) is 14.4 Å². The molecule has 2 aliphatic rings. The highest BCUT2D eigenvalue weighted by atomic mass is 16.2. The maximum absolute atomic E-state index is 13.3. The third kappa shape index (κ3) is 6.07. The fraction of sp³-hybridized carbons (Fsp3) is 0.625. The summed E-state index contributed by atoms with van der Waals surface area (Å²) in [6.07, 6.45) is 4.90. The molecule has 3 rings (SSSR count). The van der Waals surface area contributed by atoms with Gasteiger partial charge in [0.25, 0.3) is 0 Å². The Hall–Kier alpha value is -2.37. The molecule has 0 bridgehead atoms. The van der Waals surface area contributed by atoms with Crippen LogP contribution in [-0.2, 0) is 14.4 Å². The lowest BCUT2D eigenvalue weighted by molar-refractivity contribution is -0.138. The van der Waals surface area contributed by atoms with Crippen molar-refractivity contribution in [1.29, 1.82) is 0 Å². The Labute approximate surface area is 180 Å². The van der Waals surface area contributed by atoms with Crippen molar-refractivity contribution in [2.24, 2.45) is 11.8 Å². The largest absolute Gasteiger partial charge is 0.343 e. The van der Waals surface area contributed by atoms with Gasteiger partial charge in [-0.3, -0.25) is 14.4 Å². The molecule has 2 fully saturated rings. The number of rotatable bonds is 7. The van der Waals surface area contributed by atoms with Gasteiger partial charge in [-0.05, 0) is 43.1 Å². The average molecular weight is 414 g/mol. The number of carbonyl (C=O) groups excluding carboxylic acids is 3. The predicted molar refractivity (Wildman–Crippen MR) is 117 cm³/mol. The molecule has 0 spiro atoms. The van der Waals surface area contributed by atoms with Gasteiger partial charge in [0.05, 0.1) is 0 Å². The van der Waals surface area contributed by atoms with Crippen LogP contribution in [0, 0.1) is 11.8 Å². The molecular formula is C24H35N3O3. The van der Waals surface area contributed by atoms with Gasteiger partial charge in [-0.1, -0.05) is 44.2 Å². The maximum atomic E-state index is 13.3. The van der Waals surface area contributed by atoms with Crippen LogP contribution < -0.4 is 5.32 Å². The van der Waals surface area contributed by atoms with Crippen LogP contribution in [0.3, 0.4) is 0 Å². The molecule has 0 aromatic heterocycles. The molecular weight excluding hydrogens is 378 g/mol. The minimum atomic E-state index is -0.653. The van der Waals surface area contributed by atoms with Crippen molar-refractivity contribution in [3.05, 3.63) is 35.9 Å². The molecule has 1 aromatic rings. The zero-order valence-corrected chi connectivity index (χ0v) is 18.3. The van der Waals surface area contributed by atoms with E-state index in [4.69, 9.17) is 0 Å². The SMILES string of the molecule is CC(C)CC(=O)NC(C(=O)N1CCC(CC(=O)N2CCCC2)CC1)c1ccccc1. The lowest BCUT2D eigenvalue weighted by atomic mass is 9.92. The number of likely N-dealkylation sites (tertiary alicyclic amines) is 2. The van der Waals surface area contributed by atoms with Gasteiger partial charge < -0.3 is 15.1 Å². The number of amides is 3. The second kappa shape index (κ2) is 10.6. The predicted octanol–water partition coefficient (Wildman–Crippen LogP) is 3.14. The van der Waals surface area contributed by atoms with Gasteiger partial charge in [0, 0.05) is 39.0 Å². The van der Waals surface area contributed by atoms with Crippen molar-refractivity contribution < 1.29 is 14.4 Å². The molecule has 0 aliphatic carbocycles. The summed E-state index contributed by atoms with van der Waals surface area (Å²) in [6, 6.07) is 8.81. The standard InChI is InChI=1S/C24H35N3O3/c1-18(2)16-21(28)25-23(20-8-4-3-5-9-20)24(30)27-14-10-19(11-15-27)17-22(29)26-12-6-7-13-26/h3-5,8-9,18-19,23H,6-7,10-17H2,1-2H3,(H,25,28). The van der Waals surface area contributed by atoms with Crippen LogP contribution in [0.25, 0.3) is 0 Å². The summed E-state index contributed by atoms with van der Waals surface area (Å²) in [5, 5.41) is 2.95. The highest BCUT2D eigenvalue weighted by Gasteiger charge is 2.31. The second-order valence-corrected chi connectivity index (χ2v) is 9.07. The molecule has 2 heterocycles.